The number of hydrogen-bond donors (Lipinski definition) is 1. The summed E-state index contributed by atoms with van der Waals surface area (Å²) in [6.07, 6.45) is 1.40. The van der Waals surface area contributed by atoms with E-state index in [0.717, 1.165) is 12.0 Å². The van der Waals surface area contributed by atoms with Gasteiger partial charge in [-0.25, -0.2) is 0 Å². The molecule has 5 heteroatoms. The third-order valence-corrected chi connectivity index (χ3v) is 4.05. The summed E-state index contributed by atoms with van der Waals surface area (Å²) in [5, 5.41) is 3.18. The molecule has 1 aromatic rings. The van der Waals surface area contributed by atoms with E-state index in [1.165, 1.54) is 0 Å². The molecule has 0 radical (unpaired) electrons. The molecule has 0 spiro atoms. The monoisotopic (exact) mass is 348 g/mol. The average Bonchev–Trinajstić information content (AvgIpc) is 2.59. The van der Waals surface area contributed by atoms with Crippen molar-refractivity contribution in [2.75, 3.05) is 13.2 Å². The zero-order valence-corrected chi connectivity index (χ0v) is 16.1. The lowest BCUT2D eigenvalue weighted by atomic mass is 10.0. The second-order valence-electron chi connectivity index (χ2n) is 6.51. The minimum Gasteiger partial charge on any atom is -0.465 e. The molecule has 0 aliphatic heterocycles. The fourth-order valence-corrected chi connectivity index (χ4v) is 2.79. The van der Waals surface area contributed by atoms with Crippen LogP contribution in [0, 0.1) is 0 Å². The van der Waals surface area contributed by atoms with Crippen LogP contribution in [0.1, 0.15) is 46.6 Å². The number of nitrogens with one attached hydrogen (secondary N) is 1. The zero-order valence-electron chi connectivity index (χ0n) is 16.1. The highest BCUT2D eigenvalue weighted by Crippen LogP contribution is 2.08. The minimum absolute atomic E-state index is 0.0132. The van der Waals surface area contributed by atoms with E-state index >= 15 is 0 Å². The van der Waals surface area contributed by atoms with E-state index < -0.39 is 12.1 Å². The van der Waals surface area contributed by atoms with Crippen LogP contribution in [-0.2, 0) is 20.7 Å². The lowest BCUT2D eigenvalue weighted by molar-refractivity contribution is -0.146. The number of ether oxygens (including phenoxy) is 1. The summed E-state index contributed by atoms with van der Waals surface area (Å²) in [6, 6.07) is 8.89. The Morgan fingerprint density at radius 2 is 1.76 bits per heavy atom. The van der Waals surface area contributed by atoms with Crippen molar-refractivity contribution in [2.45, 2.75) is 65.6 Å². The van der Waals surface area contributed by atoms with Crippen LogP contribution in [0.25, 0.3) is 0 Å². The molecule has 0 fully saturated rings. The molecule has 25 heavy (non-hydrogen) atoms. The molecule has 1 N–H and O–H groups in total. The van der Waals surface area contributed by atoms with Gasteiger partial charge in [0, 0.05) is 12.6 Å². The van der Waals surface area contributed by atoms with Crippen LogP contribution in [0.5, 0.6) is 0 Å². The molecule has 1 rings (SSSR count). The third-order valence-electron chi connectivity index (χ3n) is 4.05. The van der Waals surface area contributed by atoms with Gasteiger partial charge in [0.2, 0.25) is 5.91 Å². The molecule has 0 bridgehead atoms. The number of amides is 1. The Bertz CT molecular complexity index is 531. The van der Waals surface area contributed by atoms with Gasteiger partial charge in [-0.2, -0.15) is 0 Å². The predicted octanol–water partition coefficient (Wildman–Crippen LogP) is 2.79. The fourth-order valence-electron chi connectivity index (χ4n) is 2.79. The van der Waals surface area contributed by atoms with E-state index in [9.17, 15) is 9.59 Å². The number of benzene rings is 1. The van der Waals surface area contributed by atoms with Crippen molar-refractivity contribution < 1.29 is 14.3 Å². The molecule has 140 valence electrons. The Labute approximate surface area is 151 Å². The first kappa shape index (κ1) is 21.2. The van der Waals surface area contributed by atoms with Crippen LogP contribution in [0.4, 0.5) is 0 Å². The molecule has 1 amide bonds. The van der Waals surface area contributed by atoms with Gasteiger partial charge in [-0.1, -0.05) is 37.3 Å². The maximum Gasteiger partial charge on any atom is 0.323 e. The van der Waals surface area contributed by atoms with Gasteiger partial charge < -0.3 is 9.64 Å². The van der Waals surface area contributed by atoms with Crippen molar-refractivity contribution in [3.8, 4) is 0 Å². The van der Waals surface area contributed by atoms with E-state index in [1.54, 1.807) is 6.92 Å². The third kappa shape index (κ3) is 6.86. The largest absolute Gasteiger partial charge is 0.465 e. The van der Waals surface area contributed by atoms with Crippen LogP contribution in [0.2, 0.25) is 0 Å². The molecule has 5 nitrogen and oxygen atoms in total. The normalized spacial score (nSPS) is 13.4. The molecule has 1 aromatic carbocycles. The van der Waals surface area contributed by atoms with Crippen molar-refractivity contribution >= 4 is 11.9 Å². The molecule has 0 aromatic heterocycles. The molecular weight excluding hydrogens is 316 g/mol. The quantitative estimate of drug-likeness (QED) is 0.661. The van der Waals surface area contributed by atoms with Crippen LogP contribution >= 0.6 is 0 Å². The average molecular weight is 348 g/mol. The van der Waals surface area contributed by atoms with Crippen molar-refractivity contribution in [3.63, 3.8) is 0 Å². The number of rotatable bonds is 10. The molecule has 2 atom stereocenters. The fraction of sp³-hybridized carbons (Fsp3) is 0.600. The smallest absolute Gasteiger partial charge is 0.323 e. The molecule has 0 heterocycles. The van der Waals surface area contributed by atoms with E-state index in [4.69, 9.17) is 4.74 Å². The number of hydrogen-bond acceptors (Lipinski definition) is 4. The number of nitrogens with zero attached hydrogens (tertiary/aromatic N) is 1. The van der Waals surface area contributed by atoms with Gasteiger partial charge in [0.05, 0.1) is 12.6 Å². The molecule has 0 saturated carbocycles. The van der Waals surface area contributed by atoms with Gasteiger partial charge in [-0.3, -0.25) is 14.9 Å². The Morgan fingerprint density at radius 1 is 1.12 bits per heavy atom. The van der Waals surface area contributed by atoms with Crippen molar-refractivity contribution in [2.24, 2.45) is 0 Å². The first-order chi connectivity index (χ1) is 11.9. The summed E-state index contributed by atoms with van der Waals surface area (Å²) in [6.45, 7) is 10.7. The zero-order chi connectivity index (χ0) is 18.8. The highest BCUT2D eigenvalue weighted by molar-refractivity contribution is 5.83. The standard InChI is InChI=1S/C20H32N2O3/c1-6-13-22(15(3)4)19(23)16(5)21-18(20(24)25-7-2)14-17-11-9-8-10-12-17/h8-12,15-16,18,21H,6-7,13-14H2,1-5H3. The van der Waals surface area contributed by atoms with Gasteiger partial charge in [-0.15, -0.1) is 0 Å². The lowest BCUT2D eigenvalue weighted by Gasteiger charge is -2.31. The van der Waals surface area contributed by atoms with Crippen LogP contribution in [-0.4, -0.2) is 48.1 Å². The van der Waals surface area contributed by atoms with Gasteiger partial charge >= 0.3 is 5.97 Å². The SMILES string of the molecule is CCCN(C(=O)C(C)NC(Cc1ccccc1)C(=O)OCC)C(C)C. The Kier molecular flexibility index (Phi) is 9.21. The second kappa shape index (κ2) is 10.9. The maximum absolute atomic E-state index is 12.8. The van der Waals surface area contributed by atoms with Crippen molar-refractivity contribution in [3.05, 3.63) is 35.9 Å². The summed E-state index contributed by atoms with van der Waals surface area (Å²) < 4.78 is 5.19. The topological polar surface area (TPSA) is 58.6 Å². The first-order valence-electron chi connectivity index (χ1n) is 9.17. The maximum atomic E-state index is 12.8. The highest BCUT2D eigenvalue weighted by atomic mass is 16.5. The molecule has 0 aliphatic rings. The van der Waals surface area contributed by atoms with Gasteiger partial charge in [0.1, 0.15) is 6.04 Å². The Balaban J connectivity index is 2.84. The Hall–Kier alpha value is -1.88. The van der Waals surface area contributed by atoms with E-state index in [2.05, 4.69) is 12.2 Å². The van der Waals surface area contributed by atoms with E-state index in [1.807, 2.05) is 56.0 Å². The molecule has 2 unspecified atom stereocenters. The van der Waals surface area contributed by atoms with Gasteiger partial charge in [-0.05, 0) is 46.1 Å². The van der Waals surface area contributed by atoms with E-state index in [0.29, 0.717) is 19.6 Å². The molecule has 0 saturated heterocycles. The number of carbonyl (C=O) groups excluding carboxylic acids is 2. The molecular formula is C20H32N2O3. The van der Waals surface area contributed by atoms with Crippen molar-refractivity contribution in [1.29, 1.82) is 0 Å². The molecule has 0 aliphatic carbocycles. The minimum atomic E-state index is -0.545. The highest BCUT2D eigenvalue weighted by Gasteiger charge is 2.28. The summed E-state index contributed by atoms with van der Waals surface area (Å²) in [5.41, 5.74) is 1.03. The summed E-state index contributed by atoms with van der Waals surface area (Å²) in [4.78, 5) is 26.9. The van der Waals surface area contributed by atoms with Crippen LogP contribution in [0.3, 0.4) is 0 Å². The summed E-state index contributed by atoms with van der Waals surface area (Å²) in [7, 11) is 0. The predicted molar refractivity (Wildman–Crippen MR) is 100 cm³/mol. The first-order valence-corrected chi connectivity index (χ1v) is 9.17. The van der Waals surface area contributed by atoms with E-state index in [-0.39, 0.29) is 17.9 Å². The number of carbonyl (C=O) groups is 2. The van der Waals surface area contributed by atoms with Crippen LogP contribution < -0.4 is 5.32 Å². The second-order valence-corrected chi connectivity index (χ2v) is 6.51. The van der Waals surface area contributed by atoms with Gasteiger partial charge in [0.25, 0.3) is 0 Å². The van der Waals surface area contributed by atoms with Crippen LogP contribution in [0.15, 0.2) is 30.3 Å². The number of esters is 1. The summed E-state index contributed by atoms with van der Waals surface area (Å²) in [5.74, 6) is -0.309. The lowest BCUT2D eigenvalue weighted by Crippen LogP contribution is -2.53. The van der Waals surface area contributed by atoms with Gasteiger partial charge in [0.15, 0.2) is 0 Å². The van der Waals surface area contributed by atoms with Crippen molar-refractivity contribution in [1.82, 2.24) is 10.2 Å². The Morgan fingerprint density at radius 3 is 2.28 bits per heavy atom. The summed E-state index contributed by atoms with van der Waals surface area (Å²) >= 11 is 0.